The predicted molar refractivity (Wildman–Crippen MR) is 97.5 cm³/mol. The highest BCUT2D eigenvalue weighted by Crippen LogP contribution is 2.25. The van der Waals surface area contributed by atoms with Crippen LogP contribution in [-0.2, 0) is 14.3 Å². The lowest BCUT2D eigenvalue weighted by atomic mass is 10.1. The van der Waals surface area contributed by atoms with Crippen LogP contribution >= 0.6 is 0 Å². The Bertz CT molecular complexity index is 736. The van der Waals surface area contributed by atoms with E-state index in [1.165, 1.54) is 13.8 Å². The number of ether oxygens (including phenoxy) is 2. The van der Waals surface area contributed by atoms with Gasteiger partial charge >= 0.3 is 5.97 Å². The van der Waals surface area contributed by atoms with E-state index >= 15 is 0 Å². The zero-order chi connectivity index (χ0) is 18.4. The van der Waals surface area contributed by atoms with E-state index in [9.17, 15) is 9.59 Å². The third kappa shape index (κ3) is 5.21. The van der Waals surface area contributed by atoms with Crippen molar-refractivity contribution in [1.29, 1.82) is 0 Å². The van der Waals surface area contributed by atoms with E-state index in [2.05, 4.69) is 0 Å². The molecule has 0 spiro atoms. The second-order valence-electron chi connectivity index (χ2n) is 6.28. The van der Waals surface area contributed by atoms with Crippen LogP contribution in [0.4, 0.5) is 0 Å². The molecule has 0 aromatic heterocycles. The van der Waals surface area contributed by atoms with Crippen molar-refractivity contribution in [3.05, 3.63) is 42.5 Å². The Hall–Kier alpha value is -2.56. The summed E-state index contributed by atoms with van der Waals surface area (Å²) in [5.74, 6) is 0.283. The van der Waals surface area contributed by atoms with Gasteiger partial charge in [0, 0.05) is 25.3 Å². The molecular weight excluding hydrogens is 318 g/mol. The molecule has 0 aliphatic carbocycles. The van der Waals surface area contributed by atoms with Gasteiger partial charge in [0.15, 0.2) is 6.10 Å². The highest BCUT2D eigenvalue weighted by molar-refractivity contribution is 5.88. The Balaban J connectivity index is 2.13. The van der Waals surface area contributed by atoms with E-state index in [-0.39, 0.29) is 18.6 Å². The first kappa shape index (κ1) is 18.8. The number of benzene rings is 2. The summed E-state index contributed by atoms with van der Waals surface area (Å²) in [7, 11) is 0. The molecule has 0 saturated carbocycles. The molecule has 1 amide bonds. The SMILES string of the molecule is CC(=O)OC(COc1cccc2ccccc12)CN(C(C)=O)C(C)C. The molecule has 2 aromatic carbocycles. The molecule has 1 atom stereocenters. The average Bonchev–Trinajstić information content (AvgIpc) is 2.56. The van der Waals surface area contributed by atoms with Gasteiger partial charge in [-0.2, -0.15) is 0 Å². The number of hydrogen-bond acceptors (Lipinski definition) is 4. The van der Waals surface area contributed by atoms with Gasteiger partial charge in [0.25, 0.3) is 0 Å². The van der Waals surface area contributed by atoms with Crippen LogP contribution in [0.3, 0.4) is 0 Å². The second kappa shape index (κ2) is 8.51. The summed E-state index contributed by atoms with van der Waals surface area (Å²) in [5.41, 5.74) is 0. The molecule has 5 nitrogen and oxygen atoms in total. The molecule has 2 aromatic rings. The van der Waals surface area contributed by atoms with Crippen molar-refractivity contribution in [2.24, 2.45) is 0 Å². The fraction of sp³-hybridized carbons (Fsp3) is 0.400. The Morgan fingerprint density at radius 2 is 1.72 bits per heavy atom. The van der Waals surface area contributed by atoms with Crippen molar-refractivity contribution in [3.8, 4) is 5.75 Å². The Labute approximate surface area is 148 Å². The molecule has 0 radical (unpaired) electrons. The molecule has 2 rings (SSSR count). The van der Waals surface area contributed by atoms with Gasteiger partial charge in [-0.1, -0.05) is 36.4 Å². The van der Waals surface area contributed by atoms with E-state index in [4.69, 9.17) is 9.47 Å². The number of carbonyl (C=O) groups excluding carboxylic acids is 2. The lowest BCUT2D eigenvalue weighted by molar-refractivity contribution is -0.151. The fourth-order valence-electron chi connectivity index (χ4n) is 2.79. The summed E-state index contributed by atoms with van der Waals surface area (Å²) >= 11 is 0. The van der Waals surface area contributed by atoms with Crippen molar-refractivity contribution >= 4 is 22.6 Å². The quantitative estimate of drug-likeness (QED) is 0.723. The van der Waals surface area contributed by atoms with Gasteiger partial charge in [-0.15, -0.1) is 0 Å². The maximum absolute atomic E-state index is 11.8. The van der Waals surface area contributed by atoms with E-state index in [1.807, 2.05) is 56.3 Å². The van der Waals surface area contributed by atoms with Crippen LogP contribution in [0.1, 0.15) is 27.7 Å². The first-order chi connectivity index (χ1) is 11.9. The molecule has 0 fully saturated rings. The molecule has 0 heterocycles. The van der Waals surface area contributed by atoms with Gasteiger partial charge in [-0.25, -0.2) is 0 Å². The summed E-state index contributed by atoms with van der Waals surface area (Å²) in [4.78, 5) is 24.9. The summed E-state index contributed by atoms with van der Waals surface area (Å²) < 4.78 is 11.3. The van der Waals surface area contributed by atoms with E-state index in [0.29, 0.717) is 6.54 Å². The van der Waals surface area contributed by atoms with Crippen molar-refractivity contribution in [1.82, 2.24) is 4.90 Å². The van der Waals surface area contributed by atoms with Gasteiger partial charge in [-0.05, 0) is 25.3 Å². The van der Waals surface area contributed by atoms with Crippen LogP contribution < -0.4 is 4.74 Å². The minimum absolute atomic E-state index is 0.0214. The second-order valence-corrected chi connectivity index (χ2v) is 6.28. The van der Waals surface area contributed by atoms with Crippen LogP contribution in [0.15, 0.2) is 42.5 Å². The molecule has 0 saturated heterocycles. The van der Waals surface area contributed by atoms with Crippen LogP contribution in [0.25, 0.3) is 10.8 Å². The Morgan fingerprint density at radius 3 is 2.36 bits per heavy atom. The van der Waals surface area contributed by atoms with Crippen LogP contribution in [-0.4, -0.2) is 42.1 Å². The summed E-state index contributed by atoms with van der Waals surface area (Å²) in [5, 5.41) is 2.08. The minimum atomic E-state index is -0.525. The molecule has 0 bridgehead atoms. The maximum atomic E-state index is 11.8. The molecule has 5 heteroatoms. The monoisotopic (exact) mass is 343 g/mol. The molecule has 0 N–H and O–H groups in total. The highest BCUT2D eigenvalue weighted by Gasteiger charge is 2.22. The number of rotatable bonds is 7. The minimum Gasteiger partial charge on any atom is -0.489 e. The van der Waals surface area contributed by atoms with E-state index in [0.717, 1.165) is 16.5 Å². The number of carbonyl (C=O) groups is 2. The van der Waals surface area contributed by atoms with Gasteiger partial charge in [0.2, 0.25) is 5.91 Å². The first-order valence-corrected chi connectivity index (χ1v) is 8.43. The lowest BCUT2D eigenvalue weighted by Crippen LogP contribution is -2.44. The number of esters is 1. The Morgan fingerprint density at radius 1 is 1.04 bits per heavy atom. The normalized spacial score (nSPS) is 12.0. The molecule has 134 valence electrons. The van der Waals surface area contributed by atoms with E-state index < -0.39 is 12.1 Å². The third-order valence-corrected chi connectivity index (χ3v) is 3.94. The van der Waals surface area contributed by atoms with Crippen LogP contribution in [0, 0.1) is 0 Å². The lowest BCUT2D eigenvalue weighted by Gasteiger charge is -2.29. The first-order valence-electron chi connectivity index (χ1n) is 8.43. The van der Waals surface area contributed by atoms with Gasteiger partial charge in [0.1, 0.15) is 12.4 Å². The zero-order valence-corrected chi connectivity index (χ0v) is 15.2. The number of nitrogens with zero attached hydrogens (tertiary/aromatic N) is 1. The zero-order valence-electron chi connectivity index (χ0n) is 15.2. The number of amides is 1. The average molecular weight is 343 g/mol. The van der Waals surface area contributed by atoms with Crippen molar-refractivity contribution in [3.63, 3.8) is 0 Å². The van der Waals surface area contributed by atoms with Gasteiger partial charge in [-0.3, -0.25) is 9.59 Å². The van der Waals surface area contributed by atoms with Crippen molar-refractivity contribution in [2.45, 2.75) is 39.8 Å². The maximum Gasteiger partial charge on any atom is 0.303 e. The smallest absolute Gasteiger partial charge is 0.303 e. The summed E-state index contributed by atoms with van der Waals surface area (Å²) in [6.07, 6.45) is -0.525. The van der Waals surface area contributed by atoms with E-state index in [1.54, 1.807) is 4.90 Å². The van der Waals surface area contributed by atoms with Crippen molar-refractivity contribution in [2.75, 3.05) is 13.2 Å². The molecule has 25 heavy (non-hydrogen) atoms. The van der Waals surface area contributed by atoms with Crippen molar-refractivity contribution < 1.29 is 19.1 Å². The molecule has 1 unspecified atom stereocenters. The standard InChI is InChI=1S/C20H25NO4/c1-14(2)21(15(3)22)12-18(25-16(4)23)13-24-20-11-7-9-17-8-5-6-10-19(17)20/h5-11,14,18H,12-13H2,1-4H3. The van der Waals surface area contributed by atoms with Gasteiger partial charge in [0.05, 0.1) is 6.54 Å². The number of fused-ring (bicyclic) bond motifs is 1. The van der Waals surface area contributed by atoms with Crippen LogP contribution in [0.5, 0.6) is 5.75 Å². The largest absolute Gasteiger partial charge is 0.489 e. The molecule has 0 aliphatic heterocycles. The predicted octanol–water partition coefficient (Wildman–Crippen LogP) is 3.41. The third-order valence-electron chi connectivity index (χ3n) is 3.94. The number of hydrogen-bond donors (Lipinski definition) is 0. The molecule has 0 aliphatic rings. The van der Waals surface area contributed by atoms with Gasteiger partial charge < -0.3 is 14.4 Å². The summed E-state index contributed by atoms with van der Waals surface area (Å²) in [6, 6.07) is 13.8. The highest BCUT2D eigenvalue weighted by atomic mass is 16.6. The van der Waals surface area contributed by atoms with Crippen LogP contribution in [0.2, 0.25) is 0 Å². The fourth-order valence-corrected chi connectivity index (χ4v) is 2.79. The summed E-state index contributed by atoms with van der Waals surface area (Å²) in [6.45, 7) is 7.21. The topological polar surface area (TPSA) is 55.8 Å². The molecular formula is C20H25NO4. The Kier molecular flexibility index (Phi) is 6.39.